The van der Waals surface area contributed by atoms with Gasteiger partial charge in [0.1, 0.15) is 5.60 Å². The third kappa shape index (κ3) is 1.91. The highest BCUT2D eigenvalue weighted by Gasteiger charge is 2.64. The van der Waals surface area contributed by atoms with Gasteiger partial charge in [0.15, 0.2) is 0 Å². The topological polar surface area (TPSA) is 20.2 Å². The molecule has 0 bridgehead atoms. The third-order valence-corrected chi connectivity index (χ3v) is 8.01. The van der Waals surface area contributed by atoms with Crippen molar-refractivity contribution < 1.29 is 5.11 Å². The summed E-state index contributed by atoms with van der Waals surface area (Å²) in [6.45, 7) is 6.76. The molecule has 4 rings (SSSR count). The van der Waals surface area contributed by atoms with Gasteiger partial charge in [0.2, 0.25) is 0 Å². The van der Waals surface area contributed by atoms with Gasteiger partial charge >= 0.3 is 0 Å². The van der Waals surface area contributed by atoms with E-state index in [-0.39, 0.29) is 5.41 Å². The fourth-order valence-electron chi connectivity index (χ4n) is 7.03. The smallest absolute Gasteiger partial charge is 0.131 e. The van der Waals surface area contributed by atoms with Crippen LogP contribution in [-0.4, -0.2) is 10.7 Å². The van der Waals surface area contributed by atoms with Crippen LogP contribution in [0.25, 0.3) is 0 Å². The first kappa shape index (κ1) is 15.5. The molecule has 1 heteroatoms. The van der Waals surface area contributed by atoms with Crippen LogP contribution < -0.4 is 0 Å². The molecule has 0 aromatic heterocycles. The lowest BCUT2D eigenvalue weighted by Crippen LogP contribution is -2.54. The SMILES string of the molecule is C#C[C@]1(O)CCC2C3CCC4=CCCCC4C3C(=C)C[C@@]21CC. The quantitative estimate of drug-likeness (QED) is 0.541. The van der Waals surface area contributed by atoms with Crippen molar-refractivity contribution in [2.45, 2.75) is 70.3 Å². The van der Waals surface area contributed by atoms with Crippen LogP contribution in [0.1, 0.15) is 64.7 Å². The number of hydrogen-bond acceptors (Lipinski definition) is 1. The summed E-state index contributed by atoms with van der Waals surface area (Å²) in [7, 11) is 0. The molecule has 4 unspecified atom stereocenters. The summed E-state index contributed by atoms with van der Waals surface area (Å²) in [5.41, 5.74) is 2.08. The van der Waals surface area contributed by atoms with Gasteiger partial charge in [-0.1, -0.05) is 36.6 Å². The Bertz CT molecular complexity index is 594. The first-order chi connectivity index (χ1) is 11.1. The molecule has 3 saturated carbocycles. The summed E-state index contributed by atoms with van der Waals surface area (Å²) in [6.07, 6.45) is 18.6. The second-order valence-corrected chi connectivity index (χ2v) is 8.54. The standard InChI is InChI=1S/C22H30O/c1-4-21-14-15(3)20-17-9-7-6-8-16(17)10-11-18(20)19(21)12-13-22(21,23)5-2/h2,8,17-20,23H,3-4,6-7,9-14H2,1H3/t17?,18?,19?,20?,21-,22-/m0/s1. The summed E-state index contributed by atoms with van der Waals surface area (Å²) in [6, 6.07) is 0. The molecular formula is C22H30O. The van der Waals surface area contributed by atoms with E-state index < -0.39 is 5.60 Å². The predicted octanol–water partition coefficient (Wildman–Crippen LogP) is 4.87. The maximum absolute atomic E-state index is 11.2. The van der Waals surface area contributed by atoms with Gasteiger partial charge in [-0.2, -0.15) is 0 Å². The Morgan fingerprint density at radius 3 is 2.96 bits per heavy atom. The third-order valence-electron chi connectivity index (χ3n) is 8.01. The molecule has 1 N–H and O–H groups in total. The summed E-state index contributed by atoms with van der Waals surface area (Å²) in [4.78, 5) is 0. The van der Waals surface area contributed by atoms with Gasteiger partial charge in [0.25, 0.3) is 0 Å². The van der Waals surface area contributed by atoms with Crippen LogP contribution in [0.3, 0.4) is 0 Å². The highest BCUT2D eigenvalue weighted by atomic mass is 16.3. The molecule has 0 radical (unpaired) electrons. The molecule has 0 amide bonds. The highest BCUT2D eigenvalue weighted by molar-refractivity contribution is 5.32. The fourth-order valence-corrected chi connectivity index (χ4v) is 7.03. The van der Waals surface area contributed by atoms with E-state index in [0.717, 1.165) is 31.6 Å². The van der Waals surface area contributed by atoms with E-state index in [1.54, 1.807) is 5.57 Å². The minimum Gasteiger partial charge on any atom is -0.377 e. The summed E-state index contributed by atoms with van der Waals surface area (Å²) < 4.78 is 0. The van der Waals surface area contributed by atoms with E-state index in [2.05, 4.69) is 25.5 Å². The van der Waals surface area contributed by atoms with Gasteiger partial charge in [-0.15, -0.1) is 6.42 Å². The van der Waals surface area contributed by atoms with Crippen LogP contribution in [0, 0.1) is 41.4 Å². The number of hydrogen-bond donors (Lipinski definition) is 1. The van der Waals surface area contributed by atoms with Gasteiger partial charge in [0.05, 0.1) is 0 Å². The number of aliphatic hydroxyl groups is 1. The normalized spacial score (nSPS) is 48.7. The van der Waals surface area contributed by atoms with Crippen LogP contribution >= 0.6 is 0 Å². The first-order valence-electron chi connectivity index (χ1n) is 9.63. The molecule has 0 aromatic rings. The zero-order valence-electron chi connectivity index (χ0n) is 14.5. The van der Waals surface area contributed by atoms with Gasteiger partial charge in [-0.25, -0.2) is 0 Å². The van der Waals surface area contributed by atoms with Crippen molar-refractivity contribution in [3.05, 3.63) is 23.8 Å². The van der Waals surface area contributed by atoms with E-state index in [1.807, 2.05) is 0 Å². The van der Waals surface area contributed by atoms with Crippen LogP contribution in [0.4, 0.5) is 0 Å². The zero-order valence-corrected chi connectivity index (χ0v) is 14.5. The van der Waals surface area contributed by atoms with Crippen LogP contribution in [0.15, 0.2) is 23.8 Å². The molecule has 3 fully saturated rings. The minimum atomic E-state index is -0.914. The van der Waals surface area contributed by atoms with E-state index in [9.17, 15) is 5.11 Å². The van der Waals surface area contributed by atoms with E-state index in [1.165, 1.54) is 37.7 Å². The Hall–Kier alpha value is -1.00. The Morgan fingerprint density at radius 1 is 1.39 bits per heavy atom. The molecule has 23 heavy (non-hydrogen) atoms. The predicted molar refractivity (Wildman–Crippen MR) is 94.6 cm³/mol. The lowest BCUT2D eigenvalue weighted by Gasteiger charge is -2.56. The number of rotatable bonds is 1. The van der Waals surface area contributed by atoms with E-state index in [0.29, 0.717) is 17.8 Å². The Kier molecular flexibility index (Phi) is 3.54. The van der Waals surface area contributed by atoms with Crippen molar-refractivity contribution in [2.24, 2.45) is 29.1 Å². The van der Waals surface area contributed by atoms with Gasteiger partial charge in [-0.3, -0.25) is 0 Å². The molecule has 0 aromatic carbocycles. The molecule has 1 nitrogen and oxygen atoms in total. The van der Waals surface area contributed by atoms with E-state index >= 15 is 0 Å². The van der Waals surface area contributed by atoms with Crippen LogP contribution in [0.2, 0.25) is 0 Å². The number of terminal acetylenes is 1. The molecule has 4 aliphatic carbocycles. The van der Waals surface area contributed by atoms with Crippen LogP contribution in [-0.2, 0) is 0 Å². The monoisotopic (exact) mass is 310 g/mol. The van der Waals surface area contributed by atoms with E-state index in [4.69, 9.17) is 6.42 Å². The highest BCUT2D eigenvalue weighted by Crippen LogP contribution is 2.67. The van der Waals surface area contributed by atoms with Crippen molar-refractivity contribution in [1.29, 1.82) is 0 Å². The average molecular weight is 310 g/mol. The average Bonchev–Trinajstić information content (AvgIpc) is 2.88. The zero-order chi connectivity index (χ0) is 16.2. The molecule has 124 valence electrons. The Balaban J connectivity index is 1.74. The maximum Gasteiger partial charge on any atom is 0.131 e. The lowest BCUT2D eigenvalue weighted by molar-refractivity contribution is -0.0788. The largest absolute Gasteiger partial charge is 0.377 e. The number of fused-ring (bicyclic) bond motifs is 5. The summed E-state index contributed by atoms with van der Waals surface area (Å²) in [5.74, 6) is 5.48. The molecule has 0 aliphatic heterocycles. The number of allylic oxidation sites excluding steroid dienone is 3. The van der Waals surface area contributed by atoms with Crippen molar-refractivity contribution in [3.8, 4) is 12.3 Å². The fraction of sp³-hybridized carbons (Fsp3) is 0.727. The first-order valence-corrected chi connectivity index (χ1v) is 9.63. The van der Waals surface area contributed by atoms with Gasteiger partial charge < -0.3 is 5.11 Å². The molecular weight excluding hydrogens is 280 g/mol. The Labute approximate surface area is 141 Å². The minimum absolute atomic E-state index is 0.115. The van der Waals surface area contributed by atoms with Crippen molar-refractivity contribution in [2.75, 3.05) is 0 Å². The van der Waals surface area contributed by atoms with Gasteiger partial charge in [0, 0.05) is 5.41 Å². The second kappa shape index (κ2) is 5.25. The van der Waals surface area contributed by atoms with Crippen molar-refractivity contribution in [1.82, 2.24) is 0 Å². The van der Waals surface area contributed by atoms with Crippen LogP contribution in [0.5, 0.6) is 0 Å². The lowest BCUT2D eigenvalue weighted by atomic mass is 9.48. The van der Waals surface area contributed by atoms with Crippen molar-refractivity contribution in [3.63, 3.8) is 0 Å². The summed E-state index contributed by atoms with van der Waals surface area (Å²) in [5, 5.41) is 11.2. The van der Waals surface area contributed by atoms with Crippen molar-refractivity contribution >= 4 is 0 Å². The molecule has 0 saturated heterocycles. The molecule has 6 atom stereocenters. The van der Waals surface area contributed by atoms with Gasteiger partial charge in [-0.05, 0) is 81.5 Å². The Morgan fingerprint density at radius 2 is 2.22 bits per heavy atom. The second-order valence-electron chi connectivity index (χ2n) is 8.54. The molecule has 4 aliphatic rings. The summed E-state index contributed by atoms with van der Waals surface area (Å²) >= 11 is 0. The molecule has 0 spiro atoms. The maximum atomic E-state index is 11.2. The molecule has 0 heterocycles.